The summed E-state index contributed by atoms with van der Waals surface area (Å²) < 4.78 is 4.77. The highest BCUT2D eigenvalue weighted by molar-refractivity contribution is 5.98. The molecule has 2 rings (SSSR count). The number of carbonyl (C=O) groups excluding carboxylic acids is 2. The minimum absolute atomic E-state index is 0.0390. The number of aryl methyl sites for hydroxylation is 1. The van der Waals surface area contributed by atoms with Gasteiger partial charge in [0.15, 0.2) is 0 Å². The molecule has 0 aliphatic carbocycles. The van der Waals surface area contributed by atoms with Crippen molar-refractivity contribution in [2.75, 3.05) is 30.8 Å². The van der Waals surface area contributed by atoms with E-state index in [0.29, 0.717) is 24.3 Å². The smallest absolute Gasteiger partial charge is 0.340 e. The Balaban J connectivity index is 2.51. The number of rotatable bonds is 2. The summed E-state index contributed by atoms with van der Waals surface area (Å²) in [6.45, 7) is 6.78. The fourth-order valence-corrected chi connectivity index (χ4v) is 2.57. The molecule has 114 valence electrons. The third-order valence-corrected chi connectivity index (χ3v) is 3.94. The average Bonchev–Trinajstić information content (AvgIpc) is 2.44. The minimum Gasteiger partial charge on any atom is -0.465 e. The SMILES string of the molecule is COC(=O)c1cc(N2CCNC(=O)C2(C)C)cc(C)c1N. The summed E-state index contributed by atoms with van der Waals surface area (Å²) in [5.41, 5.74) is 7.58. The van der Waals surface area contributed by atoms with Crippen molar-refractivity contribution in [3.63, 3.8) is 0 Å². The summed E-state index contributed by atoms with van der Waals surface area (Å²) in [5.74, 6) is -0.514. The molecule has 0 aromatic heterocycles. The lowest BCUT2D eigenvalue weighted by Gasteiger charge is -2.43. The Labute approximate surface area is 124 Å². The van der Waals surface area contributed by atoms with Gasteiger partial charge < -0.3 is 20.7 Å². The predicted octanol–water partition coefficient (Wildman–Crippen LogP) is 1.08. The highest BCUT2D eigenvalue weighted by Gasteiger charge is 2.38. The summed E-state index contributed by atoms with van der Waals surface area (Å²) >= 11 is 0. The zero-order chi connectivity index (χ0) is 15.8. The minimum atomic E-state index is -0.686. The third-order valence-electron chi connectivity index (χ3n) is 3.94. The second-order valence-corrected chi connectivity index (χ2v) is 5.68. The van der Waals surface area contributed by atoms with Gasteiger partial charge in [-0.25, -0.2) is 4.79 Å². The number of carbonyl (C=O) groups is 2. The third kappa shape index (κ3) is 2.53. The normalized spacial score (nSPS) is 17.3. The van der Waals surface area contributed by atoms with Gasteiger partial charge in [-0.1, -0.05) is 0 Å². The van der Waals surface area contributed by atoms with E-state index in [1.165, 1.54) is 7.11 Å². The first-order valence-corrected chi connectivity index (χ1v) is 6.83. The van der Waals surface area contributed by atoms with Gasteiger partial charge in [-0.3, -0.25) is 4.79 Å². The fourth-order valence-electron chi connectivity index (χ4n) is 2.57. The largest absolute Gasteiger partial charge is 0.465 e. The molecule has 0 radical (unpaired) electrons. The highest BCUT2D eigenvalue weighted by Crippen LogP contribution is 2.31. The molecule has 0 unspecified atom stereocenters. The molecule has 6 nitrogen and oxygen atoms in total. The Morgan fingerprint density at radius 1 is 1.43 bits per heavy atom. The maximum atomic E-state index is 12.1. The maximum absolute atomic E-state index is 12.1. The Bertz CT molecular complexity index is 596. The van der Waals surface area contributed by atoms with Crippen LogP contribution in [0.4, 0.5) is 11.4 Å². The summed E-state index contributed by atoms with van der Waals surface area (Å²) in [4.78, 5) is 25.9. The van der Waals surface area contributed by atoms with Crippen LogP contribution in [-0.4, -0.2) is 37.6 Å². The van der Waals surface area contributed by atoms with Crippen LogP contribution in [0.3, 0.4) is 0 Å². The number of nitrogens with one attached hydrogen (secondary N) is 1. The van der Waals surface area contributed by atoms with Gasteiger partial charge in [0.2, 0.25) is 5.91 Å². The molecular weight excluding hydrogens is 270 g/mol. The van der Waals surface area contributed by atoms with Gasteiger partial charge in [0.1, 0.15) is 5.54 Å². The van der Waals surface area contributed by atoms with E-state index < -0.39 is 11.5 Å². The average molecular weight is 291 g/mol. The van der Waals surface area contributed by atoms with Crippen molar-refractivity contribution >= 4 is 23.3 Å². The van der Waals surface area contributed by atoms with Crippen LogP contribution in [-0.2, 0) is 9.53 Å². The molecule has 0 atom stereocenters. The summed E-state index contributed by atoms with van der Waals surface area (Å²) in [6, 6.07) is 3.58. The first-order chi connectivity index (χ1) is 9.78. The number of nitrogens with zero attached hydrogens (tertiary/aromatic N) is 1. The van der Waals surface area contributed by atoms with E-state index in [2.05, 4.69) is 5.32 Å². The summed E-state index contributed by atoms with van der Waals surface area (Å²) in [7, 11) is 1.32. The molecule has 3 N–H and O–H groups in total. The van der Waals surface area contributed by atoms with Crippen LogP contribution in [0, 0.1) is 6.92 Å². The number of hydrogen-bond donors (Lipinski definition) is 2. The molecule has 0 bridgehead atoms. The molecule has 1 aromatic carbocycles. The molecular formula is C15H21N3O3. The number of ether oxygens (including phenoxy) is 1. The molecule has 21 heavy (non-hydrogen) atoms. The standard InChI is InChI=1S/C15H21N3O3/c1-9-7-10(8-11(12(9)16)13(19)21-4)18-6-5-17-14(20)15(18,2)3/h7-8H,5-6,16H2,1-4H3,(H,17,20). The van der Waals surface area contributed by atoms with Gasteiger partial charge in [0, 0.05) is 24.5 Å². The number of hydrogen-bond acceptors (Lipinski definition) is 5. The predicted molar refractivity (Wildman–Crippen MR) is 81.4 cm³/mol. The van der Waals surface area contributed by atoms with Gasteiger partial charge in [-0.05, 0) is 38.5 Å². The topological polar surface area (TPSA) is 84.7 Å². The van der Waals surface area contributed by atoms with E-state index in [1.807, 2.05) is 31.7 Å². The number of piperazine rings is 1. The van der Waals surface area contributed by atoms with E-state index >= 15 is 0 Å². The molecule has 0 saturated carbocycles. The molecule has 1 aliphatic rings. The lowest BCUT2D eigenvalue weighted by Crippen LogP contribution is -2.62. The van der Waals surface area contributed by atoms with E-state index in [0.717, 1.165) is 11.3 Å². The van der Waals surface area contributed by atoms with E-state index in [-0.39, 0.29) is 5.91 Å². The monoisotopic (exact) mass is 291 g/mol. The second-order valence-electron chi connectivity index (χ2n) is 5.68. The maximum Gasteiger partial charge on any atom is 0.340 e. The zero-order valence-electron chi connectivity index (χ0n) is 12.8. The van der Waals surface area contributed by atoms with Crippen LogP contribution < -0.4 is 16.0 Å². The van der Waals surface area contributed by atoms with Crippen LogP contribution in [0.5, 0.6) is 0 Å². The number of methoxy groups -OCH3 is 1. The first-order valence-electron chi connectivity index (χ1n) is 6.83. The Morgan fingerprint density at radius 2 is 2.10 bits per heavy atom. The van der Waals surface area contributed by atoms with E-state index in [4.69, 9.17) is 10.5 Å². The van der Waals surface area contributed by atoms with Crippen LogP contribution in [0.1, 0.15) is 29.8 Å². The highest BCUT2D eigenvalue weighted by atomic mass is 16.5. The zero-order valence-corrected chi connectivity index (χ0v) is 12.8. The van der Waals surface area contributed by atoms with Crippen molar-refractivity contribution in [1.29, 1.82) is 0 Å². The van der Waals surface area contributed by atoms with Crippen molar-refractivity contribution in [1.82, 2.24) is 5.32 Å². The number of amides is 1. The van der Waals surface area contributed by atoms with Crippen molar-refractivity contribution in [3.05, 3.63) is 23.3 Å². The van der Waals surface area contributed by atoms with Crippen molar-refractivity contribution in [3.8, 4) is 0 Å². The van der Waals surface area contributed by atoms with Crippen LogP contribution in [0.25, 0.3) is 0 Å². The van der Waals surface area contributed by atoms with Crippen molar-refractivity contribution in [2.45, 2.75) is 26.3 Å². The van der Waals surface area contributed by atoms with Gasteiger partial charge >= 0.3 is 5.97 Å². The Kier molecular flexibility index (Phi) is 3.80. The second kappa shape index (κ2) is 5.27. The molecule has 1 fully saturated rings. The number of nitrogen functional groups attached to an aromatic ring is 1. The lowest BCUT2D eigenvalue weighted by molar-refractivity contribution is -0.126. The molecule has 1 saturated heterocycles. The molecule has 0 spiro atoms. The van der Waals surface area contributed by atoms with Crippen molar-refractivity contribution < 1.29 is 14.3 Å². The lowest BCUT2D eigenvalue weighted by atomic mass is 9.96. The molecule has 6 heteroatoms. The molecule has 1 heterocycles. The quantitative estimate of drug-likeness (QED) is 0.629. The molecule has 1 aromatic rings. The number of esters is 1. The number of nitrogens with two attached hydrogens (primary N) is 1. The van der Waals surface area contributed by atoms with Crippen molar-refractivity contribution in [2.24, 2.45) is 0 Å². The number of anilines is 2. The van der Waals surface area contributed by atoms with Gasteiger partial charge in [0.25, 0.3) is 0 Å². The Hall–Kier alpha value is -2.24. The van der Waals surface area contributed by atoms with E-state index in [9.17, 15) is 9.59 Å². The van der Waals surface area contributed by atoms with Gasteiger partial charge in [-0.2, -0.15) is 0 Å². The van der Waals surface area contributed by atoms with Gasteiger partial charge in [-0.15, -0.1) is 0 Å². The Morgan fingerprint density at radius 3 is 2.71 bits per heavy atom. The van der Waals surface area contributed by atoms with Crippen LogP contribution >= 0.6 is 0 Å². The first kappa shape index (κ1) is 15.2. The van der Waals surface area contributed by atoms with Crippen LogP contribution in [0.2, 0.25) is 0 Å². The molecule has 1 aliphatic heterocycles. The van der Waals surface area contributed by atoms with E-state index in [1.54, 1.807) is 6.07 Å². The van der Waals surface area contributed by atoms with Gasteiger partial charge in [0.05, 0.1) is 12.7 Å². The fraction of sp³-hybridized carbons (Fsp3) is 0.467. The summed E-state index contributed by atoms with van der Waals surface area (Å²) in [6.07, 6.45) is 0. The van der Waals surface area contributed by atoms with Crippen LogP contribution in [0.15, 0.2) is 12.1 Å². The molecule has 1 amide bonds. The summed E-state index contributed by atoms with van der Waals surface area (Å²) in [5, 5.41) is 2.85. The number of benzene rings is 1.